The van der Waals surface area contributed by atoms with Crippen LogP contribution in [0.25, 0.3) is 11.1 Å². The van der Waals surface area contributed by atoms with Crippen LogP contribution in [0.3, 0.4) is 0 Å². The van der Waals surface area contributed by atoms with Crippen LogP contribution in [-0.2, 0) is 19.1 Å². The number of aromatic nitrogens is 1. The lowest BCUT2D eigenvalue weighted by molar-refractivity contribution is -0.137. The summed E-state index contributed by atoms with van der Waals surface area (Å²) in [6, 6.07) is 9.68. The number of alkyl halides is 3. The third kappa shape index (κ3) is 5.42. The molecule has 5 rings (SSSR count). The van der Waals surface area contributed by atoms with Crippen LogP contribution >= 0.6 is 11.6 Å². The maximum Gasteiger partial charge on any atom is 0.417 e. The molecular weight excluding hydrogens is 522 g/mol. The third-order valence-corrected chi connectivity index (χ3v) is 7.39. The van der Waals surface area contributed by atoms with E-state index in [4.69, 9.17) is 11.6 Å². The molecule has 6 nitrogen and oxygen atoms in total. The average molecular weight is 548 g/mol. The van der Waals surface area contributed by atoms with E-state index in [1.807, 2.05) is 0 Å². The fourth-order valence-corrected chi connectivity index (χ4v) is 5.11. The van der Waals surface area contributed by atoms with Crippen LogP contribution < -0.4 is 10.2 Å². The van der Waals surface area contributed by atoms with E-state index < -0.39 is 11.7 Å². The van der Waals surface area contributed by atoms with Crippen LogP contribution in [0.2, 0.25) is 5.02 Å². The summed E-state index contributed by atoms with van der Waals surface area (Å²) in [6.45, 7) is 4.09. The van der Waals surface area contributed by atoms with Crippen molar-refractivity contribution >= 4 is 29.1 Å². The largest absolute Gasteiger partial charge is 0.417 e. The van der Waals surface area contributed by atoms with E-state index in [2.05, 4.69) is 27.1 Å². The number of piperazine rings is 1. The number of fused-ring (bicyclic) bond motifs is 1. The summed E-state index contributed by atoms with van der Waals surface area (Å²) in [7, 11) is 2.07. The Kier molecular flexibility index (Phi) is 7.19. The van der Waals surface area contributed by atoms with Gasteiger partial charge in [-0.3, -0.25) is 5.32 Å². The smallest absolute Gasteiger partial charge is 0.369 e. The summed E-state index contributed by atoms with van der Waals surface area (Å²) in [4.78, 5) is 23.4. The van der Waals surface area contributed by atoms with Gasteiger partial charge >= 0.3 is 12.2 Å². The lowest BCUT2D eigenvalue weighted by Gasteiger charge is -2.38. The first-order chi connectivity index (χ1) is 18.1. The fraction of sp³-hybridized carbons (Fsp3) is 0.333. The minimum atomic E-state index is -4.57. The normalized spacial score (nSPS) is 16.4. The number of amides is 2. The van der Waals surface area contributed by atoms with Gasteiger partial charge in [0.15, 0.2) is 0 Å². The Morgan fingerprint density at radius 2 is 1.71 bits per heavy atom. The van der Waals surface area contributed by atoms with Gasteiger partial charge in [0, 0.05) is 62.3 Å². The summed E-state index contributed by atoms with van der Waals surface area (Å²) >= 11 is 5.71. The summed E-state index contributed by atoms with van der Waals surface area (Å²) in [5.74, 6) is -0.000778. The summed E-state index contributed by atoms with van der Waals surface area (Å²) in [5, 5.41) is 2.37. The first-order valence-electron chi connectivity index (χ1n) is 12.2. The van der Waals surface area contributed by atoms with Crippen molar-refractivity contribution in [2.75, 3.05) is 50.0 Å². The number of hydrogen-bond acceptors (Lipinski definition) is 4. The van der Waals surface area contributed by atoms with Gasteiger partial charge in [0.2, 0.25) is 0 Å². The summed E-state index contributed by atoms with van der Waals surface area (Å²) in [5.41, 5.74) is 2.25. The molecular formula is C27H26ClF4N5O. The van der Waals surface area contributed by atoms with Crippen molar-refractivity contribution in [3.05, 3.63) is 76.2 Å². The van der Waals surface area contributed by atoms with Crippen LogP contribution in [0.4, 0.5) is 33.9 Å². The second-order valence-corrected chi connectivity index (χ2v) is 9.95. The van der Waals surface area contributed by atoms with Gasteiger partial charge in [-0.25, -0.2) is 14.2 Å². The second-order valence-electron chi connectivity index (χ2n) is 9.54. The minimum absolute atomic E-state index is 0.257. The second kappa shape index (κ2) is 10.4. The molecule has 0 unspecified atom stereocenters. The van der Waals surface area contributed by atoms with Crippen molar-refractivity contribution in [2.24, 2.45) is 0 Å². The van der Waals surface area contributed by atoms with Gasteiger partial charge in [-0.2, -0.15) is 13.2 Å². The molecule has 0 saturated carbocycles. The molecule has 1 saturated heterocycles. The highest BCUT2D eigenvalue weighted by Gasteiger charge is 2.33. The van der Waals surface area contributed by atoms with Crippen LogP contribution in [-0.4, -0.2) is 60.6 Å². The van der Waals surface area contributed by atoms with Gasteiger partial charge in [-0.1, -0.05) is 17.7 Å². The van der Waals surface area contributed by atoms with Crippen molar-refractivity contribution in [1.29, 1.82) is 0 Å². The highest BCUT2D eigenvalue weighted by atomic mass is 35.5. The predicted octanol–water partition coefficient (Wildman–Crippen LogP) is 5.90. The van der Waals surface area contributed by atoms with Gasteiger partial charge in [0.05, 0.1) is 10.6 Å². The minimum Gasteiger partial charge on any atom is -0.369 e. The van der Waals surface area contributed by atoms with Crippen molar-refractivity contribution in [3.63, 3.8) is 0 Å². The Morgan fingerprint density at radius 3 is 2.39 bits per heavy atom. The van der Waals surface area contributed by atoms with E-state index >= 15 is 0 Å². The number of hydrogen-bond donors (Lipinski definition) is 1. The van der Waals surface area contributed by atoms with Crippen LogP contribution in [0.5, 0.6) is 0 Å². The highest BCUT2D eigenvalue weighted by molar-refractivity contribution is 6.31. The van der Waals surface area contributed by atoms with E-state index in [0.29, 0.717) is 29.7 Å². The number of rotatable bonds is 3. The molecule has 11 heteroatoms. The molecule has 1 N–H and O–H groups in total. The molecule has 38 heavy (non-hydrogen) atoms. The topological polar surface area (TPSA) is 51.7 Å². The maximum absolute atomic E-state index is 14.6. The Balaban J connectivity index is 1.30. The van der Waals surface area contributed by atoms with Crippen molar-refractivity contribution < 1.29 is 22.4 Å². The van der Waals surface area contributed by atoms with Crippen LogP contribution in [0, 0.1) is 5.82 Å². The molecule has 2 aliphatic heterocycles. The number of benzene rings is 2. The van der Waals surface area contributed by atoms with E-state index in [-0.39, 0.29) is 29.2 Å². The molecule has 0 radical (unpaired) electrons. The third-order valence-electron chi connectivity index (χ3n) is 7.06. The molecule has 3 heterocycles. The van der Waals surface area contributed by atoms with Gasteiger partial charge in [0.1, 0.15) is 11.6 Å². The molecule has 0 spiro atoms. The Labute approximate surface area is 222 Å². The summed E-state index contributed by atoms with van der Waals surface area (Å²) in [6.07, 6.45) is -2.78. The number of halogens is 5. The standard InChI is InChI=1S/C27H26ClF4N5O/c1-35-10-12-36(13-11-35)24-6-5-23(29)19-8-9-37(16-20(19)24)26(38)34-25-7-3-18(15-33-25)17-2-4-22(28)21(14-17)27(30,31)32/h2-7,14-15H,8-13,16H2,1H3,(H,33,34,38). The van der Waals surface area contributed by atoms with Crippen LogP contribution in [0.15, 0.2) is 48.7 Å². The van der Waals surface area contributed by atoms with Gasteiger partial charge in [-0.05, 0) is 61.0 Å². The van der Waals surface area contributed by atoms with Crippen LogP contribution in [0.1, 0.15) is 16.7 Å². The molecule has 0 aliphatic carbocycles. The number of nitrogens with one attached hydrogen (secondary N) is 1. The molecule has 1 fully saturated rings. The Hall–Kier alpha value is -3.37. The predicted molar refractivity (Wildman–Crippen MR) is 139 cm³/mol. The molecule has 2 amide bonds. The molecule has 2 aliphatic rings. The lowest BCUT2D eigenvalue weighted by atomic mass is 9.96. The fourth-order valence-electron chi connectivity index (χ4n) is 4.88. The van der Waals surface area contributed by atoms with E-state index in [0.717, 1.165) is 43.5 Å². The molecule has 200 valence electrons. The quantitative estimate of drug-likeness (QED) is 0.415. The van der Waals surface area contributed by atoms with Gasteiger partial charge in [0.25, 0.3) is 0 Å². The van der Waals surface area contributed by atoms with E-state index in [9.17, 15) is 22.4 Å². The molecule has 0 atom stereocenters. The van der Waals surface area contributed by atoms with Crippen molar-refractivity contribution in [2.45, 2.75) is 19.1 Å². The Morgan fingerprint density at radius 1 is 0.974 bits per heavy atom. The lowest BCUT2D eigenvalue weighted by Crippen LogP contribution is -2.46. The van der Waals surface area contributed by atoms with Crippen molar-refractivity contribution in [1.82, 2.24) is 14.8 Å². The van der Waals surface area contributed by atoms with E-state index in [1.165, 1.54) is 30.5 Å². The highest BCUT2D eigenvalue weighted by Crippen LogP contribution is 2.37. The molecule has 0 bridgehead atoms. The number of carbonyl (C=O) groups is 1. The van der Waals surface area contributed by atoms with Crippen molar-refractivity contribution in [3.8, 4) is 11.1 Å². The first kappa shape index (κ1) is 26.2. The number of pyridine rings is 1. The monoisotopic (exact) mass is 547 g/mol. The number of carbonyl (C=O) groups excluding carboxylic acids is 1. The van der Waals surface area contributed by atoms with Gasteiger partial charge < -0.3 is 14.7 Å². The maximum atomic E-state index is 14.6. The number of urea groups is 1. The van der Waals surface area contributed by atoms with E-state index in [1.54, 1.807) is 17.0 Å². The number of anilines is 2. The SMILES string of the molecule is CN1CCN(c2ccc(F)c3c2CN(C(=O)Nc2ccc(-c4ccc(Cl)c(C(F)(F)F)c4)cn2)CC3)CC1. The zero-order valence-electron chi connectivity index (χ0n) is 20.7. The zero-order chi connectivity index (χ0) is 27.0. The molecule has 1 aromatic heterocycles. The molecule has 2 aromatic carbocycles. The zero-order valence-corrected chi connectivity index (χ0v) is 21.4. The summed E-state index contributed by atoms with van der Waals surface area (Å²) < 4.78 is 54.3. The Bertz CT molecular complexity index is 1340. The molecule has 3 aromatic rings. The number of nitrogens with zero attached hydrogens (tertiary/aromatic N) is 4. The average Bonchev–Trinajstić information content (AvgIpc) is 2.89. The van der Waals surface area contributed by atoms with Gasteiger partial charge in [-0.15, -0.1) is 0 Å². The first-order valence-corrected chi connectivity index (χ1v) is 12.6. The number of likely N-dealkylation sites (N-methyl/N-ethyl adjacent to an activating group) is 1.